The van der Waals surface area contributed by atoms with Gasteiger partial charge in [0.2, 0.25) is 0 Å². The van der Waals surface area contributed by atoms with Crippen LogP contribution in [0.5, 0.6) is 0 Å². The van der Waals surface area contributed by atoms with Crippen LogP contribution in [0.1, 0.15) is 48.3 Å². The molecule has 0 bridgehead atoms. The van der Waals surface area contributed by atoms with Gasteiger partial charge in [0.05, 0.1) is 6.42 Å². The highest BCUT2D eigenvalue weighted by molar-refractivity contribution is 6.30. The van der Waals surface area contributed by atoms with Gasteiger partial charge in [0.15, 0.2) is 0 Å². The van der Waals surface area contributed by atoms with Gasteiger partial charge in [0, 0.05) is 11.6 Å². The lowest BCUT2D eigenvalue weighted by molar-refractivity contribution is -0.149. The number of carbonyl (C=O) groups excluding carboxylic acids is 1. The number of carbonyl (C=O) groups is 1. The van der Waals surface area contributed by atoms with Crippen LogP contribution in [0, 0.1) is 0 Å². The van der Waals surface area contributed by atoms with Crippen LogP contribution in [-0.4, -0.2) is 31.1 Å². The summed E-state index contributed by atoms with van der Waals surface area (Å²) in [5.74, 6) is 0.418. The van der Waals surface area contributed by atoms with Crippen molar-refractivity contribution < 1.29 is 9.53 Å². The fourth-order valence-corrected chi connectivity index (χ4v) is 4.03. The molecule has 28 heavy (non-hydrogen) atoms. The normalized spacial score (nSPS) is 19.1. The summed E-state index contributed by atoms with van der Waals surface area (Å²) in [7, 11) is 4.21. The molecule has 152 valence electrons. The van der Waals surface area contributed by atoms with Crippen molar-refractivity contribution in [2.45, 2.75) is 50.7 Å². The Balaban J connectivity index is 0.00000280. The fraction of sp³-hybridized carbons (Fsp3) is 0.435. The number of rotatable bonds is 6. The van der Waals surface area contributed by atoms with E-state index in [1.165, 1.54) is 11.1 Å². The lowest BCUT2D eigenvalue weighted by Gasteiger charge is -2.30. The Morgan fingerprint density at radius 1 is 1.04 bits per heavy atom. The molecule has 1 aliphatic carbocycles. The van der Waals surface area contributed by atoms with E-state index in [4.69, 9.17) is 16.3 Å². The average Bonchev–Trinajstić information content (AvgIpc) is 2.64. The third kappa shape index (κ3) is 6.51. The molecule has 0 aromatic heterocycles. The van der Waals surface area contributed by atoms with Crippen LogP contribution >= 0.6 is 24.0 Å². The Labute approximate surface area is 179 Å². The van der Waals surface area contributed by atoms with Crippen molar-refractivity contribution in [3.63, 3.8) is 0 Å². The van der Waals surface area contributed by atoms with Crippen LogP contribution in [0.2, 0.25) is 5.02 Å². The number of nitrogens with zero attached hydrogens (tertiary/aromatic N) is 1. The molecule has 0 spiro atoms. The lowest BCUT2D eigenvalue weighted by Crippen LogP contribution is -2.25. The molecule has 0 amide bonds. The molecule has 0 saturated heterocycles. The second-order valence-electron chi connectivity index (χ2n) is 7.70. The van der Waals surface area contributed by atoms with Gasteiger partial charge in [-0.3, -0.25) is 4.79 Å². The maximum Gasteiger partial charge on any atom is 0.310 e. The summed E-state index contributed by atoms with van der Waals surface area (Å²) >= 11 is 5.89. The molecule has 0 heterocycles. The van der Waals surface area contributed by atoms with Gasteiger partial charge in [-0.25, -0.2) is 0 Å². The van der Waals surface area contributed by atoms with E-state index in [1.807, 2.05) is 12.1 Å². The number of hydrogen-bond donors (Lipinski definition) is 0. The molecular formula is C23H29Cl2NO2. The van der Waals surface area contributed by atoms with E-state index in [2.05, 4.69) is 43.3 Å². The van der Waals surface area contributed by atoms with Gasteiger partial charge in [-0.15, -0.1) is 12.4 Å². The Hall–Kier alpha value is -1.55. The maximum absolute atomic E-state index is 12.2. The minimum absolute atomic E-state index is 0. The third-order valence-electron chi connectivity index (χ3n) is 5.22. The van der Waals surface area contributed by atoms with Crippen molar-refractivity contribution in [2.24, 2.45) is 0 Å². The standard InChI is InChI=1S/C23H28ClNO2.ClH/c1-25(2)16-19-5-3-4-6-22(19)18-9-13-21(14-10-18)27-23(26)15-17-7-11-20(24)12-8-17;/h3-8,11-12,18,21H,9-10,13-16H2,1-2H3;1H/t18-,21-;. The zero-order valence-electron chi connectivity index (χ0n) is 16.6. The van der Waals surface area contributed by atoms with Crippen LogP contribution in [0.15, 0.2) is 48.5 Å². The summed E-state index contributed by atoms with van der Waals surface area (Å²) in [6, 6.07) is 16.1. The molecule has 0 N–H and O–H groups in total. The fourth-order valence-electron chi connectivity index (χ4n) is 3.91. The molecule has 5 heteroatoms. The second kappa shape index (κ2) is 10.8. The number of ether oxygens (including phenoxy) is 1. The van der Waals surface area contributed by atoms with Crippen molar-refractivity contribution >= 4 is 30.0 Å². The van der Waals surface area contributed by atoms with Gasteiger partial charge in [-0.2, -0.15) is 0 Å². The van der Waals surface area contributed by atoms with Crippen LogP contribution in [0.25, 0.3) is 0 Å². The first kappa shape index (κ1) is 22.7. The number of hydrogen-bond acceptors (Lipinski definition) is 3. The predicted octanol–water partition coefficient (Wildman–Crippen LogP) is 5.64. The highest BCUT2D eigenvalue weighted by atomic mass is 35.5. The van der Waals surface area contributed by atoms with Crippen molar-refractivity contribution in [1.82, 2.24) is 4.90 Å². The topological polar surface area (TPSA) is 29.5 Å². The SMILES string of the molecule is CN(C)Cc1ccccc1[C@H]1CC[C@H](OC(=O)Cc2ccc(Cl)cc2)CC1.Cl. The summed E-state index contributed by atoms with van der Waals surface area (Å²) in [4.78, 5) is 14.4. The Morgan fingerprint density at radius 2 is 1.68 bits per heavy atom. The third-order valence-corrected chi connectivity index (χ3v) is 5.47. The molecule has 1 aliphatic rings. The number of halogens is 2. The van der Waals surface area contributed by atoms with Crippen molar-refractivity contribution in [1.29, 1.82) is 0 Å². The van der Waals surface area contributed by atoms with Crippen molar-refractivity contribution in [3.05, 3.63) is 70.2 Å². The van der Waals surface area contributed by atoms with E-state index in [0.29, 0.717) is 17.4 Å². The highest BCUT2D eigenvalue weighted by Crippen LogP contribution is 2.36. The summed E-state index contributed by atoms with van der Waals surface area (Å²) in [6.07, 6.45) is 4.37. The zero-order valence-corrected chi connectivity index (χ0v) is 18.1. The van der Waals surface area contributed by atoms with E-state index in [9.17, 15) is 4.79 Å². The van der Waals surface area contributed by atoms with E-state index < -0.39 is 0 Å². The second-order valence-corrected chi connectivity index (χ2v) is 8.14. The summed E-state index contributed by atoms with van der Waals surface area (Å²) < 4.78 is 5.72. The molecular weight excluding hydrogens is 393 g/mol. The van der Waals surface area contributed by atoms with E-state index in [1.54, 1.807) is 12.1 Å². The van der Waals surface area contributed by atoms with Gasteiger partial charge in [0.25, 0.3) is 0 Å². The van der Waals surface area contributed by atoms with Gasteiger partial charge >= 0.3 is 5.97 Å². The number of esters is 1. The van der Waals surface area contributed by atoms with E-state index >= 15 is 0 Å². The summed E-state index contributed by atoms with van der Waals surface area (Å²) in [6.45, 7) is 0.964. The molecule has 0 radical (unpaired) electrons. The average molecular weight is 422 g/mol. The van der Waals surface area contributed by atoms with E-state index in [0.717, 1.165) is 37.8 Å². The van der Waals surface area contributed by atoms with Crippen LogP contribution in [0.3, 0.4) is 0 Å². The molecule has 2 aromatic rings. The zero-order chi connectivity index (χ0) is 19.2. The Kier molecular flexibility index (Phi) is 8.81. The van der Waals surface area contributed by atoms with Crippen LogP contribution < -0.4 is 0 Å². The minimum atomic E-state index is -0.145. The monoisotopic (exact) mass is 421 g/mol. The Morgan fingerprint density at radius 3 is 2.32 bits per heavy atom. The quantitative estimate of drug-likeness (QED) is 0.565. The van der Waals surface area contributed by atoms with Crippen molar-refractivity contribution in [2.75, 3.05) is 14.1 Å². The van der Waals surface area contributed by atoms with Crippen molar-refractivity contribution in [3.8, 4) is 0 Å². The molecule has 2 aromatic carbocycles. The van der Waals surface area contributed by atoms with Gasteiger partial charge in [0.1, 0.15) is 6.10 Å². The molecule has 0 aliphatic heterocycles. The largest absolute Gasteiger partial charge is 0.462 e. The van der Waals surface area contributed by atoms with Crippen LogP contribution in [0.4, 0.5) is 0 Å². The first-order valence-corrected chi connectivity index (χ1v) is 10.1. The lowest BCUT2D eigenvalue weighted by atomic mass is 9.81. The minimum Gasteiger partial charge on any atom is -0.462 e. The molecule has 3 rings (SSSR count). The summed E-state index contributed by atoms with van der Waals surface area (Å²) in [5, 5.41) is 0.681. The highest BCUT2D eigenvalue weighted by Gasteiger charge is 2.26. The van der Waals surface area contributed by atoms with Gasteiger partial charge in [-0.05, 0) is 74.5 Å². The molecule has 0 unspecified atom stereocenters. The van der Waals surface area contributed by atoms with Crippen LogP contribution in [-0.2, 0) is 22.5 Å². The molecule has 1 saturated carbocycles. The first-order chi connectivity index (χ1) is 13.0. The predicted molar refractivity (Wildman–Crippen MR) is 117 cm³/mol. The first-order valence-electron chi connectivity index (χ1n) is 9.67. The molecule has 0 atom stereocenters. The molecule has 3 nitrogen and oxygen atoms in total. The summed E-state index contributed by atoms with van der Waals surface area (Å²) in [5.41, 5.74) is 3.80. The Bertz CT molecular complexity index is 753. The maximum atomic E-state index is 12.2. The van der Waals surface area contributed by atoms with E-state index in [-0.39, 0.29) is 24.5 Å². The smallest absolute Gasteiger partial charge is 0.310 e. The van der Waals surface area contributed by atoms with Gasteiger partial charge < -0.3 is 9.64 Å². The molecule has 1 fully saturated rings. The number of benzene rings is 2. The van der Waals surface area contributed by atoms with Gasteiger partial charge in [-0.1, -0.05) is 48.0 Å².